The van der Waals surface area contributed by atoms with Gasteiger partial charge in [0.2, 0.25) is 5.91 Å². The van der Waals surface area contributed by atoms with Crippen LogP contribution < -0.4 is 15.4 Å². The molecule has 3 rings (SSSR count). The maximum Gasteiger partial charge on any atom is 0.264 e. The second-order valence-electron chi connectivity index (χ2n) is 6.33. The lowest BCUT2D eigenvalue weighted by molar-refractivity contribution is -0.116. The van der Waals surface area contributed by atoms with Crippen LogP contribution in [-0.2, 0) is 11.4 Å². The number of hydrogen-bond donors (Lipinski definition) is 2. The number of hydrogen-bond acceptors (Lipinski definition) is 6. The van der Waals surface area contributed by atoms with E-state index in [1.54, 1.807) is 6.92 Å². The molecular formula is C18H25ClN4O3. The second-order valence-corrected chi connectivity index (χ2v) is 6.33. The number of nitrogens with zero attached hydrogens (tertiary/aromatic N) is 2. The molecule has 0 unspecified atom stereocenters. The van der Waals surface area contributed by atoms with Crippen molar-refractivity contribution in [2.45, 2.75) is 39.2 Å². The lowest BCUT2D eigenvalue weighted by Gasteiger charge is -2.22. The quantitative estimate of drug-likeness (QED) is 0.767. The van der Waals surface area contributed by atoms with Gasteiger partial charge in [0.15, 0.2) is 12.4 Å². The molecule has 2 N–H and O–H groups in total. The summed E-state index contributed by atoms with van der Waals surface area (Å²) >= 11 is 0. The summed E-state index contributed by atoms with van der Waals surface area (Å²) < 4.78 is 10.6. The van der Waals surface area contributed by atoms with Crippen molar-refractivity contribution in [2.75, 3.05) is 18.4 Å². The Morgan fingerprint density at radius 3 is 2.69 bits per heavy atom. The molecular weight excluding hydrogens is 356 g/mol. The van der Waals surface area contributed by atoms with E-state index in [0.29, 0.717) is 29.8 Å². The second kappa shape index (κ2) is 10.1. The number of amides is 1. The highest BCUT2D eigenvalue weighted by Gasteiger charge is 2.14. The Balaban J connectivity index is 0.00000243. The molecule has 7 nitrogen and oxygen atoms in total. The minimum Gasteiger partial charge on any atom is -0.484 e. The number of piperidine rings is 1. The molecule has 8 heteroatoms. The maximum atomic E-state index is 12.1. The van der Waals surface area contributed by atoms with E-state index in [1.165, 1.54) is 12.8 Å². The van der Waals surface area contributed by atoms with E-state index in [4.69, 9.17) is 9.26 Å². The van der Waals surface area contributed by atoms with Crippen LogP contribution in [0.15, 0.2) is 28.8 Å². The summed E-state index contributed by atoms with van der Waals surface area (Å²) in [5.41, 5.74) is 0.774. The molecule has 142 valence electrons. The Morgan fingerprint density at radius 1 is 1.31 bits per heavy atom. The molecule has 1 saturated heterocycles. The predicted molar refractivity (Wildman–Crippen MR) is 101 cm³/mol. The minimum atomic E-state index is 0. The van der Waals surface area contributed by atoms with Gasteiger partial charge in [-0.15, -0.1) is 12.4 Å². The van der Waals surface area contributed by atoms with E-state index in [0.717, 1.165) is 25.2 Å². The fraction of sp³-hybridized carbons (Fsp3) is 0.500. The lowest BCUT2D eigenvalue weighted by Crippen LogP contribution is -2.28. The van der Waals surface area contributed by atoms with Gasteiger partial charge in [-0.3, -0.25) is 4.79 Å². The number of nitrogens with one attached hydrogen (secondary N) is 2. The first-order valence-electron chi connectivity index (χ1n) is 8.71. The number of rotatable bonds is 7. The number of carbonyl (C=O) groups excluding carboxylic acids is 1. The van der Waals surface area contributed by atoms with Gasteiger partial charge in [-0.25, -0.2) is 0 Å². The Morgan fingerprint density at radius 2 is 2.04 bits per heavy atom. The summed E-state index contributed by atoms with van der Waals surface area (Å²) in [6, 6.07) is 7.28. The summed E-state index contributed by atoms with van der Waals surface area (Å²) in [6.07, 6.45) is 3.86. The van der Waals surface area contributed by atoms with Crippen molar-refractivity contribution in [3.63, 3.8) is 0 Å². The number of aromatic nitrogens is 2. The van der Waals surface area contributed by atoms with Crippen LogP contribution in [0.2, 0.25) is 0 Å². The van der Waals surface area contributed by atoms with E-state index in [1.807, 2.05) is 24.3 Å². The lowest BCUT2D eigenvalue weighted by atomic mass is 9.93. The molecule has 0 radical (unpaired) electrons. The van der Waals surface area contributed by atoms with Crippen LogP contribution in [-0.4, -0.2) is 29.1 Å². The highest BCUT2D eigenvalue weighted by molar-refractivity contribution is 5.90. The topological polar surface area (TPSA) is 89.3 Å². The normalized spacial score (nSPS) is 14.5. The Hall–Kier alpha value is -2.12. The van der Waals surface area contributed by atoms with Crippen LogP contribution in [0.5, 0.6) is 5.75 Å². The summed E-state index contributed by atoms with van der Waals surface area (Å²) in [6.45, 7) is 4.12. The number of benzene rings is 1. The van der Waals surface area contributed by atoms with Gasteiger partial charge in [-0.05, 0) is 69.5 Å². The highest BCUT2D eigenvalue weighted by atomic mass is 35.5. The minimum absolute atomic E-state index is 0. The van der Waals surface area contributed by atoms with Crippen molar-refractivity contribution < 1.29 is 14.1 Å². The maximum absolute atomic E-state index is 12.1. The largest absolute Gasteiger partial charge is 0.484 e. The SMILES string of the molecule is Cc1noc(COc2ccc(NC(=O)CCC3CCNCC3)cc2)n1.Cl. The van der Waals surface area contributed by atoms with Gasteiger partial charge in [-0.2, -0.15) is 4.98 Å². The first kappa shape index (κ1) is 20.2. The summed E-state index contributed by atoms with van der Waals surface area (Å²) in [5, 5.41) is 9.99. The standard InChI is InChI=1S/C18H24N4O3.ClH/c1-13-20-18(25-22-13)12-24-16-5-3-15(4-6-16)21-17(23)7-2-14-8-10-19-11-9-14;/h3-6,14,19H,2,7-12H2,1H3,(H,21,23);1H. The number of ether oxygens (including phenoxy) is 1. The van der Waals surface area contributed by atoms with Gasteiger partial charge in [0, 0.05) is 12.1 Å². The molecule has 1 aliphatic rings. The van der Waals surface area contributed by atoms with Crippen molar-refractivity contribution in [1.29, 1.82) is 0 Å². The molecule has 1 aliphatic heterocycles. The third-order valence-electron chi connectivity index (χ3n) is 4.31. The van der Waals surface area contributed by atoms with Crippen LogP contribution >= 0.6 is 12.4 Å². The van der Waals surface area contributed by atoms with Gasteiger partial charge in [-0.1, -0.05) is 5.16 Å². The number of halogens is 1. The first-order chi connectivity index (χ1) is 12.2. The third kappa shape index (κ3) is 6.31. The molecule has 0 aliphatic carbocycles. The molecule has 2 aromatic rings. The predicted octanol–water partition coefficient (Wildman–Crippen LogP) is 3.10. The van der Waals surface area contributed by atoms with Gasteiger partial charge in [0.1, 0.15) is 5.75 Å². The fourth-order valence-corrected chi connectivity index (χ4v) is 2.91. The van der Waals surface area contributed by atoms with Crippen LogP contribution in [0.25, 0.3) is 0 Å². The van der Waals surface area contributed by atoms with Crippen molar-refractivity contribution in [3.05, 3.63) is 36.0 Å². The van der Waals surface area contributed by atoms with Crippen LogP contribution in [0.4, 0.5) is 5.69 Å². The van der Waals surface area contributed by atoms with E-state index in [2.05, 4.69) is 20.8 Å². The molecule has 1 aromatic heterocycles. The molecule has 0 spiro atoms. The average Bonchev–Trinajstić information content (AvgIpc) is 3.06. The summed E-state index contributed by atoms with van der Waals surface area (Å²) in [5.74, 6) is 2.43. The Labute approximate surface area is 159 Å². The zero-order valence-electron chi connectivity index (χ0n) is 14.9. The Kier molecular flexibility index (Phi) is 7.87. The van der Waals surface area contributed by atoms with E-state index in [-0.39, 0.29) is 24.9 Å². The zero-order valence-corrected chi connectivity index (χ0v) is 15.7. The fourth-order valence-electron chi connectivity index (χ4n) is 2.91. The number of aryl methyl sites for hydroxylation is 1. The first-order valence-corrected chi connectivity index (χ1v) is 8.71. The molecule has 1 aromatic carbocycles. The molecule has 1 fully saturated rings. The monoisotopic (exact) mass is 380 g/mol. The van der Waals surface area contributed by atoms with Crippen molar-refractivity contribution in [3.8, 4) is 5.75 Å². The van der Waals surface area contributed by atoms with Crippen LogP contribution in [0, 0.1) is 12.8 Å². The van der Waals surface area contributed by atoms with E-state index < -0.39 is 0 Å². The molecule has 0 bridgehead atoms. The summed E-state index contributed by atoms with van der Waals surface area (Å²) in [7, 11) is 0. The highest BCUT2D eigenvalue weighted by Crippen LogP contribution is 2.20. The molecule has 1 amide bonds. The molecule has 0 atom stereocenters. The van der Waals surface area contributed by atoms with Crippen LogP contribution in [0.3, 0.4) is 0 Å². The molecule has 26 heavy (non-hydrogen) atoms. The van der Waals surface area contributed by atoms with Gasteiger partial charge >= 0.3 is 0 Å². The molecule has 2 heterocycles. The van der Waals surface area contributed by atoms with Gasteiger partial charge in [0.25, 0.3) is 5.89 Å². The smallest absolute Gasteiger partial charge is 0.264 e. The van der Waals surface area contributed by atoms with E-state index in [9.17, 15) is 4.79 Å². The van der Waals surface area contributed by atoms with Gasteiger partial charge in [0.05, 0.1) is 0 Å². The van der Waals surface area contributed by atoms with E-state index >= 15 is 0 Å². The number of anilines is 1. The van der Waals surface area contributed by atoms with Crippen LogP contribution in [0.1, 0.15) is 37.4 Å². The third-order valence-corrected chi connectivity index (χ3v) is 4.31. The molecule has 0 saturated carbocycles. The Bertz CT molecular complexity index is 684. The number of carbonyl (C=O) groups is 1. The van der Waals surface area contributed by atoms with Crippen molar-refractivity contribution >= 4 is 24.0 Å². The average molecular weight is 381 g/mol. The van der Waals surface area contributed by atoms with Crippen molar-refractivity contribution in [2.24, 2.45) is 5.92 Å². The van der Waals surface area contributed by atoms with Gasteiger partial charge < -0.3 is 19.9 Å². The zero-order chi connectivity index (χ0) is 17.5. The van der Waals surface area contributed by atoms with Crippen molar-refractivity contribution in [1.82, 2.24) is 15.5 Å². The summed E-state index contributed by atoms with van der Waals surface area (Å²) in [4.78, 5) is 16.1.